The van der Waals surface area contributed by atoms with Crippen LogP contribution >= 0.6 is 11.8 Å². The molecule has 0 N–H and O–H groups in total. The van der Waals surface area contributed by atoms with Crippen molar-refractivity contribution in [1.29, 1.82) is 0 Å². The Morgan fingerprint density at radius 2 is 2.14 bits per heavy atom. The Kier molecular flexibility index (Phi) is 2.09. The number of hydrogen-bond donors (Lipinski definition) is 0. The van der Waals surface area contributed by atoms with Crippen molar-refractivity contribution in [2.45, 2.75) is 30.6 Å². The van der Waals surface area contributed by atoms with E-state index in [9.17, 15) is 0 Å². The predicted octanol–water partition coefficient (Wildman–Crippen LogP) is 1.47. The summed E-state index contributed by atoms with van der Waals surface area (Å²) in [6.07, 6.45) is 11.6. The highest BCUT2D eigenvalue weighted by molar-refractivity contribution is 7.99. The molecule has 1 aromatic rings. The van der Waals surface area contributed by atoms with Crippen molar-refractivity contribution in [3.05, 3.63) is 22.3 Å². The Morgan fingerprint density at radius 1 is 1.21 bits per heavy atom. The summed E-state index contributed by atoms with van der Waals surface area (Å²) >= 11 is 1.97. The molecule has 1 aromatic heterocycles. The van der Waals surface area contributed by atoms with E-state index < -0.39 is 0 Å². The van der Waals surface area contributed by atoms with Gasteiger partial charge in [-0.2, -0.15) is 0 Å². The van der Waals surface area contributed by atoms with Crippen molar-refractivity contribution >= 4 is 23.9 Å². The largest absolute Gasteiger partial charge is 0.255 e. The van der Waals surface area contributed by atoms with Crippen LogP contribution in [0, 0.1) is 0 Å². The molecule has 0 atom stereocenters. The van der Waals surface area contributed by atoms with Crippen LogP contribution in [0.25, 0.3) is 12.2 Å². The summed E-state index contributed by atoms with van der Waals surface area (Å²) in [6, 6.07) is 0. The number of nitrogens with zero attached hydrogens (tertiary/aromatic N) is 1. The SMILES string of the molecule is C1=c2ncc3c(c2=CCC1)CCCS3. The van der Waals surface area contributed by atoms with Gasteiger partial charge in [-0.1, -0.05) is 12.2 Å². The molecular formula is C12H13NS. The molecule has 0 saturated heterocycles. The Hall–Kier alpha value is -0.760. The molecule has 2 heteroatoms. The van der Waals surface area contributed by atoms with Gasteiger partial charge in [-0.05, 0) is 37.0 Å². The molecule has 0 amide bonds. The van der Waals surface area contributed by atoms with Gasteiger partial charge in [0, 0.05) is 16.3 Å². The van der Waals surface area contributed by atoms with Gasteiger partial charge >= 0.3 is 0 Å². The molecule has 2 heterocycles. The van der Waals surface area contributed by atoms with Crippen LogP contribution in [0.15, 0.2) is 11.1 Å². The van der Waals surface area contributed by atoms with Crippen molar-refractivity contribution < 1.29 is 0 Å². The van der Waals surface area contributed by atoms with Gasteiger partial charge in [-0.15, -0.1) is 11.8 Å². The Bertz CT molecular complexity index is 476. The third kappa shape index (κ3) is 1.29. The molecule has 1 aliphatic heterocycles. The van der Waals surface area contributed by atoms with E-state index in [0.29, 0.717) is 0 Å². The Labute approximate surface area is 87.9 Å². The molecule has 0 saturated carbocycles. The van der Waals surface area contributed by atoms with Crippen molar-refractivity contribution in [3.8, 4) is 0 Å². The molecule has 14 heavy (non-hydrogen) atoms. The Balaban J connectivity index is 2.33. The van der Waals surface area contributed by atoms with Crippen LogP contribution in [0.4, 0.5) is 0 Å². The molecular weight excluding hydrogens is 190 g/mol. The topological polar surface area (TPSA) is 12.9 Å². The molecule has 1 aliphatic carbocycles. The number of fused-ring (bicyclic) bond motifs is 3. The van der Waals surface area contributed by atoms with Gasteiger partial charge < -0.3 is 0 Å². The van der Waals surface area contributed by atoms with Crippen LogP contribution in [0.2, 0.25) is 0 Å². The van der Waals surface area contributed by atoms with E-state index in [0.717, 1.165) is 6.42 Å². The predicted molar refractivity (Wildman–Crippen MR) is 60.7 cm³/mol. The quantitative estimate of drug-likeness (QED) is 0.633. The number of pyridine rings is 1. The summed E-state index contributed by atoms with van der Waals surface area (Å²) in [6.45, 7) is 0. The fourth-order valence-corrected chi connectivity index (χ4v) is 3.24. The third-order valence-electron chi connectivity index (χ3n) is 2.90. The van der Waals surface area contributed by atoms with Gasteiger partial charge in [0.2, 0.25) is 0 Å². The summed E-state index contributed by atoms with van der Waals surface area (Å²) in [5.41, 5.74) is 1.56. The molecule has 0 unspecified atom stereocenters. The standard InChI is InChI=1S/C12H13NS/c1-2-6-11-9(4-1)10-5-3-7-14-12(10)8-13-11/h4,6,8H,1-3,5,7H2. The minimum atomic E-state index is 1.16. The van der Waals surface area contributed by atoms with Gasteiger partial charge in [0.25, 0.3) is 0 Å². The number of rotatable bonds is 0. The molecule has 3 rings (SSSR count). The zero-order valence-electron chi connectivity index (χ0n) is 8.12. The second-order valence-corrected chi connectivity index (χ2v) is 4.97. The fourth-order valence-electron chi connectivity index (χ4n) is 2.21. The molecule has 72 valence electrons. The van der Waals surface area contributed by atoms with Gasteiger partial charge in [-0.25, -0.2) is 0 Å². The zero-order valence-corrected chi connectivity index (χ0v) is 8.94. The first kappa shape index (κ1) is 8.54. The van der Waals surface area contributed by atoms with Crippen LogP contribution in [0.5, 0.6) is 0 Å². The van der Waals surface area contributed by atoms with Crippen LogP contribution in [0.1, 0.15) is 24.8 Å². The molecule has 0 bridgehead atoms. The normalized spacial score (nSPS) is 18.9. The molecule has 0 aromatic carbocycles. The van der Waals surface area contributed by atoms with E-state index in [4.69, 9.17) is 0 Å². The van der Waals surface area contributed by atoms with Gasteiger partial charge in [0.1, 0.15) is 0 Å². The molecule has 2 aliphatic rings. The van der Waals surface area contributed by atoms with Crippen LogP contribution in [0.3, 0.4) is 0 Å². The van der Waals surface area contributed by atoms with Crippen molar-refractivity contribution in [1.82, 2.24) is 4.98 Å². The molecule has 0 spiro atoms. The monoisotopic (exact) mass is 203 g/mol. The van der Waals surface area contributed by atoms with Crippen molar-refractivity contribution in [2.75, 3.05) is 5.75 Å². The first-order valence-corrected chi connectivity index (χ1v) is 6.25. The van der Waals surface area contributed by atoms with E-state index in [2.05, 4.69) is 23.3 Å². The summed E-state index contributed by atoms with van der Waals surface area (Å²) in [4.78, 5) is 5.94. The van der Waals surface area contributed by atoms with Crippen molar-refractivity contribution in [2.24, 2.45) is 0 Å². The number of thioether (sulfide) groups is 1. The highest BCUT2D eigenvalue weighted by atomic mass is 32.2. The summed E-state index contributed by atoms with van der Waals surface area (Å²) in [5, 5.41) is 2.65. The third-order valence-corrected chi connectivity index (χ3v) is 4.06. The second kappa shape index (κ2) is 3.43. The van der Waals surface area contributed by atoms with E-state index in [1.165, 1.54) is 40.5 Å². The van der Waals surface area contributed by atoms with Crippen LogP contribution in [-0.2, 0) is 6.42 Å². The zero-order chi connectivity index (χ0) is 9.38. The molecule has 1 nitrogen and oxygen atoms in total. The number of hydrogen-bond acceptors (Lipinski definition) is 2. The minimum Gasteiger partial charge on any atom is -0.255 e. The maximum Gasteiger partial charge on any atom is 0.0662 e. The van der Waals surface area contributed by atoms with Gasteiger partial charge in [-0.3, -0.25) is 4.98 Å². The second-order valence-electron chi connectivity index (χ2n) is 3.84. The maximum absolute atomic E-state index is 4.52. The number of aromatic nitrogens is 1. The van der Waals surface area contributed by atoms with Crippen molar-refractivity contribution in [3.63, 3.8) is 0 Å². The lowest BCUT2D eigenvalue weighted by atomic mass is 10.0. The van der Waals surface area contributed by atoms with E-state index in [1.54, 1.807) is 5.56 Å². The summed E-state index contributed by atoms with van der Waals surface area (Å²) in [7, 11) is 0. The lowest BCUT2D eigenvalue weighted by Crippen LogP contribution is -2.34. The van der Waals surface area contributed by atoms with E-state index in [1.807, 2.05) is 11.8 Å². The maximum atomic E-state index is 4.52. The average molecular weight is 203 g/mol. The van der Waals surface area contributed by atoms with E-state index >= 15 is 0 Å². The highest BCUT2D eigenvalue weighted by Gasteiger charge is 2.12. The van der Waals surface area contributed by atoms with Gasteiger partial charge in [0.15, 0.2) is 0 Å². The smallest absolute Gasteiger partial charge is 0.0662 e. The summed E-state index contributed by atoms with van der Waals surface area (Å²) in [5.74, 6) is 1.26. The highest BCUT2D eigenvalue weighted by Crippen LogP contribution is 2.26. The average Bonchev–Trinajstić information content (AvgIpc) is 2.29. The molecule has 0 radical (unpaired) electrons. The first-order valence-electron chi connectivity index (χ1n) is 5.26. The van der Waals surface area contributed by atoms with Gasteiger partial charge in [0.05, 0.1) is 5.35 Å². The minimum absolute atomic E-state index is 1.16. The first-order chi connectivity index (χ1) is 6.95. The summed E-state index contributed by atoms with van der Waals surface area (Å²) < 4.78 is 0. The molecule has 0 fully saturated rings. The fraction of sp³-hybridized carbons (Fsp3) is 0.417. The Morgan fingerprint density at radius 3 is 3.14 bits per heavy atom. The van der Waals surface area contributed by atoms with Crippen LogP contribution in [-0.4, -0.2) is 10.7 Å². The lowest BCUT2D eigenvalue weighted by Gasteiger charge is -2.16. The van der Waals surface area contributed by atoms with E-state index in [-0.39, 0.29) is 0 Å². The van der Waals surface area contributed by atoms with Crippen LogP contribution < -0.4 is 10.6 Å². The lowest BCUT2D eigenvalue weighted by molar-refractivity contribution is 0.860.